The molecule has 0 unspecified atom stereocenters. The first-order valence-corrected chi connectivity index (χ1v) is 15.6. The zero-order valence-electron chi connectivity index (χ0n) is 25.9. The number of hydrogen-bond donors (Lipinski definition) is 2. The third-order valence-corrected chi connectivity index (χ3v) is 8.57. The highest BCUT2D eigenvalue weighted by atomic mass is 16.5. The van der Waals surface area contributed by atoms with E-state index in [4.69, 9.17) is 9.84 Å². The molecule has 2 atom stereocenters. The van der Waals surface area contributed by atoms with Crippen LogP contribution >= 0.6 is 0 Å². The number of benzene rings is 4. The predicted octanol–water partition coefficient (Wildman–Crippen LogP) is 3.29. The van der Waals surface area contributed by atoms with Gasteiger partial charge in [0.05, 0.1) is 25.8 Å². The maximum absolute atomic E-state index is 14.3. The summed E-state index contributed by atoms with van der Waals surface area (Å²) in [4.78, 5) is 44.8. The maximum Gasteiger partial charge on any atom is 0.333 e. The highest BCUT2D eigenvalue weighted by Crippen LogP contribution is 2.31. The molecule has 0 spiro atoms. The first-order chi connectivity index (χ1) is 23.0. The minimum absolute atomic E-state index is 0.104. The molecular formula is C36H36N6O5. The predicted molar refractivity (Wildman–Crippen MR) is 174 cm³/mol. The van der Waals surface area contributed by atoms with E-state index in [1.54, 1.807) is 26.9 Å². The van der Waals surface area contributed by atoms with E-state index in [9.17, 15) is 19.6 Å². The van der Waals surface area contributed by atoms with Gasteiger partial charge >= 0.3 is 6.03 Å². The zero-order chi connectivity index (χ0) is 32.8. The molecule has 2 N–H and O–H groups in total. The number of nitrogens with zero attached hydrogens (tertiary/aromatic N) is 5. The Hall–Kier alpha value is -5.44. The van der Waals surface area contributed by atoms with E-state index >= 15 is 0 Å². The molecule has 4 aromatic rings. The second-order valence-corrected chi connectivity index (χ2v) is 11.5. The van der Waals surface area contributed by atoms with E-state index in [0.717, 1.165) is 27.5 Å². The Morgan fingerprint density at radius 2 is 1.70 bits per heavy atom. The number of ether oxygens (including phenoxy) is 1. The van der Waals surface area contributed by atoms with Crippen LogP contribution in [0.15, 0.2) is 97.1 Å². The number of rotatable bonds is 11. The summed E-state index contributed by atoms with van der Waals surface area (Å²) in [6.45, 7) is 0.376. The van der Waals surface area contributed by atoms with Crippen molar-refractivity contribution in [2.24, 2.45) is 0 Å². The quantitative estimate of drug-likeness (QED) is 0.243. The van der Waals surface area contributed by atoms with Gasteiger partial charge < -0.3 is 25.0 Å². The number of aliphatic hydroxyl groups is 1. The van der Waals surface area contributed by atoms with E-state index in [1.165, 1.54) is 5.01 Å². The van der Waals surface area contributed by atoms with Crippen molar-refractivity contribution in [3.8, 4) is 11.8 Å². The van der Waals surface area contributed by atoms with Crippen molar-refractivity contribution in [2.75, 3.05) is 32.8 Å². The third kappa shape index (κ3) is 6.89. The molecule has 2 aliphatic heterocycles. The number of carbonyl (C=O) groups excluding carboxylic acids is 3. The van der Waals surface area contributed by atoms with E-state index < -0.39 is 18.2 Å². The highest BCUT2D eigenvalue weighted by molar-refractivity contribution is 5.92. The molecule has 0 aliphatic carbocycles. The van der Waals surface area contributed by atoms with Crippen molar-refractivity contribution in [3.63, 3.8) is 0 Å². The van der Waals surface area contributed by atoms with Crippen molar-refractivity contribution in [2.45, 2.75) is 31.7 Å². The van der Waals surface area contributed by atoms with Gasteiger partial charge in [0.2, 0.25) is 11.8 Å². The van der Waals surface area contributed by atoms with Crippen LogP contribution in [-0.2, 0) is 29.1 Å². The zero-order valence-corrected chi connectivity index (χ0v) is 25.9. The van der Waals surface area contributed by atoms with Crippen LogP contribution in [0.2, 0.25) is 0 Å². The summed E-state index contributed by atoms with van der Waals surface area (Å²) in [7, 11) is 0. The lowest BCUT2D eigenvalue weighted by atomic mass is 9.99. The molecule has 6 rings (SSSR count). The van der Waals surface area contributed by atoms with E-state index in [-0.39, 0.29) is 57.6 Å². The Morgan fingerprint density at radius 1 is 0.957 bits per heavy atom. The number of piperazine rings is 1. The maximum atomic E-state index is 14.3. The van der Waals surface area contributed by atoms with E-state index in [0.29, 0.717) is 12.3 Å². The minimum atomic E-state index is -0.832. The average Bonchev–Trinajstić information content (AvgIpc) is 3.42. The Balaban J connectivity index is 1.30. The summed E-state index contributed by atoms with van der Waals surface area (Å²) >= 11 is 0. The molecule has 2 fully saturated rings. The Kier molecular flexibility index (Phi) is 9.61. The largest absolute Gasteiger partial charge is 0.491 e. The lowest BCUT2D eigenvalue weighted by Crippen LogP contribution is -2.66. The molecule has 2 saturated heterocycles. The van der Waals surface area contributed by atoms with Gasteiger partial charge in [0.25, 0.3) is 0 Å². The lowest BCUT2D eigenvalue weighted by molar-refractivity contribution is -0.157. The molecule has 240 valence electrons. The number of fused-ring (bicyclic) bond motifs is 2. The average molecular weight is 633 g/mol. The molecule has 2 heterocycles. The van der Waals surface area contributed by atoms with Gasteiger partial charge in [0.15, 0.2) is 0 Å². The molecule has 11 heteroatoms. The van der Waals surface area contributed by atoms with Crippen LogP contribution in [0.3, 0.4) is 0 Å². The first-order valence-electron chi connectivity index (χ1n) is 15.6. The van der Waals surface area contributed by atoms with Crippen molar-refractivity contribution >= 4 is 28.6 Å². The second-order valence-electron chi connectivity index (χ2n) is 11.5. The summed E-state index contributed by atoms with van der Waals surface area (Å²) in [6, 6.07) is 31.4. The van der Waals surface area contributed by atoms with Gasteiger partial charge in [-0.05, 0) is 39.6 Å². The summed E-state index contributed by atoms with van der Waals surface area (Å²) in [6.07, 6.45) is -0.414. The van der Waals surface area contributed by atoms with Crippen LogP contribution < -0.4 is 10.1 Å². The summed E-state index contributed by atoms with van der Waals surface area (Å²) in [5.74, 6) is 0.107. The van der Waals surface area contributed by atoms with Crippen LogP contribution in [0.5, 0.6) is 5.75 Å². The SMILES string of the molecule is N#CCN(C(=O)NCc1ccccc1)N1CC(=O)N2[C@@H](Cc3ccc(OCCO)cc3)C(=O)N(Cc3cccc4ccccc34)C[C@@H]21. The Bertz CT molecular complexity index is 1770. The van der Waals surface area contributed by atoms with Gasteiger partial charge in [-0.15, -0.1) is 0 Å². The van der Waals surface area contributed by atoms with Gasteiger partial charge in [-0.3, -0.25) is 9.59 Å². The smallest absolute Gasteiger partial charge is 0.333 e. The second kappa shape index (κ2) is 14.3. The van der Waals surface area contributed by atoms with Crippen LogP contribution in [0.25, 0.3) is 10.8 Å². The fraction of sp³-hybridized carbons (Fsp3) is 0.278. The van der Waals surface area contributed by atoms with Crippen LogP contribution in [-0.4, -0.2) is 87.8 Å². The molecule has 2 aliphatic rings. The summed E-state index contributed by atoms with van der Waals surface area (Å²) in [5, 5.41) is 26.7. The molecule has 0 aromatic heterocycles. The molecule has 4 aromatic carbocycles. The van der Waals surface area contributed by atoms with E-state index in [1.807, 2.05) is 84.9 Å². The van der Waals surface area contributed by atoms with Crippen molar-refractivity contribution < 1.29 is 24.2 Å². The molecule has 0 bridgehead atoms. The van der Waals surface area contributed by atoms with Crippen LogP contribution in [0.4, 0.5) is 4.79 Å². The number of hydrazine groups is 1. The van der Waals surface area contributed by atoms with Crippen molar-refractivity contribution in [1.29, 1.82) is 5.26 Å². The van der Waals surface area contributed by atoms with Crippen LogP contribution in [0, 0.1) is 11.3 Å². The molecule has 11 nitrogen and oxygen atoms in total. The minimum Gasteiger partial charge on any atom is -0.491 e. The van der Waals surface area contributed by atoms with Crippen molar-refractivity contribution in [1.82, 2.24) is 25.1 Å². The van der Waals surface area contributed by atoms with E-state index in [2.05, 4.69) is 11.4 Å². The number of nitriles is 1. The van der Waals surface area contributed by atoms with Crippen LogP contribution in [0.1, 0.15) is 16.7 Å². The van der Waals surface area contributed by atoms with Gasteiger partial charge in [-0.2, -0.15) is 10.3 Å². The number of urea groups is 1. The Morgan fingerprint density at radius 3 is 2.47 bits per heavy atom. The molecular weight excluding hydrogens is 596 g/mol. The molecule has 47 heavy (non-hydrogen) atoms. The highest BCUT2D eigenvalue weighted by Gasteiger charge is 2.52. The third-order valence-electron chi connectivity index (χ3n) is 8.57. The first kappa shape index (κ1) is 31.5. The number of nitrogens with one attached hydrogen (secondary N) is 1. The topological polar surface area (TPSA) is 129 Å². The molecule has 0 saturated carbocycles. The number of amides is 4. The monoisotopic (exact) mass is 632 g/mol. The number of hydrogen-bond acceptors (Lipinski definition) is 7. The van der Waals surface area contributed by atoms with Gasteiger partial charge in [-0.25, -0.2) is 9.80 Å². The molecule has 0 radical (unpaired) electrons. The van der Waals surface area contributed by atoms with Gasteiger partial charge in [0, 0.05) is 19.5 Å². The van der Waals surface area contributed by atoms with Crippen molar-refractivity contribution in [3.05, 3.63) is 114 Å². The lowest BCUT2D eigenvalue weighted by Gasteiger charge is -2.46. The standard InChI is InChI=1S/C36H36N6O5/c37-17-18-40(36(46)38-22-27-7-2-1-3-8-27)41-25-34(44)42-32(21-26-13-15-30(16-14-26)47-20-19-43)35(45)39(24-33(41)42)23-29-11-6-10-28-9-4-5-12-31(28)29/h1-16,32-33,43H,18-25H2,(H,38,46)/t32-,33+/m0/s1. The fourth-order valence-electron chi connectivity index (χ4n) is 6.35. The Labute approximate surface area is 273 Å². The molecule has 4 amide bonds. The van der Waals surface area contributed by atoms with Gasteiger partial charge in [-0.1, -0.05) is 84.9 Å². The number of carbonyl (C=O) groups is 3. The summed E-state index contributed by atoms with van der Waals surface area (Å²) < 4.78 is 5.49. The normalized spacial score (nSPS) is 17.8. The van der Waals surface area contributed by atoms with Gasteiger partial charge in [0.1, 0.15) is 31.1 Å². The fourth-order valence-corrected chi connectivity index (χ4v) is 6.35. The summed E-state index contributed by atoms with van der Waals surface area (Å²) in [5.41, 5.74) is 2.69. The number of aliphatic hydroxyl groups excluding tert-OH is 1.